The van der Waals surface area contributed by atoms with E-state index < -0.39 is 0 Å². The second kappa shape index (κ2) is 5.57. The van der Waals surface area contributed by atoms with Crippen LogP contribution < -0.4 is 10.1 Å². The van der Waals surface area contributed by atoms with Gasteiger partial charge in [0.2, 0.25) is 5.91 Å². The summed E-state index contributed by atoms with van der Waals surface area (Å²) in [5.41, 5.74) is 1.49. The Labute approximate surface area is 125 Å². The number of anilines is 1. The van der Waals surface area contributed by atoms with Crippen molar-refractivity contribution in [2.24, 2.45) is 0 Å². The van der Waals surface area contributed by atoms with Crippen LogP contribution in [-0.4, -0.2) is 17.5 Å². The zero-order chi connectivity index (χ0) is 14.8. The standard InChI is InChI=1S/C15H14N2O3S/c1-3-19-11-4-5-13-10(6-11)7-14(20-13)12-8-21-15(17-12)16-9(2)18/h4-8H,3H2,1-2H3,(H,16,17,18). The second-order valence-electron chi connectivity index (χ2n) is 4.46. The molecule has 3 aromatic rings. The van der Waals surface area contributed by atoms with E-state index in [0.29, 0.717) is 23.2 Å². The summed E-state index contributed by atoms with van der Waals surface area (Å²) in [6.45, 7) is 4.03. The van der Waals surface area contributed by atoms with E-state index in [4.69, 9.17) is 9.15 Å². The monoisotopic (exact) mass is 302 g/mol. The molecular weight excluding hydrogens is 288 g/mol. The van der Waals surface area contributed by atoms with E-state index in [9.17, 15) is 4.79 Å². The molecule has 0 radical (unpaired) electrons. The van der Waals surface area contributed by atoms with E-state index >= 15 is 0 Å². The fourth-order valence-corrected chi connectivity index (χ4v) is 2.74. The van der Waals surface area contributed by atoms with Crippen molar-refractivity contribution in [2.75, 3.05) is 11.9 Å². The van der Waals surface area contributed by atoms with Gasteiger partial charge in [-0.25, -0.2) is 4.98 Å². The smallest absolute Gasteiger partial charge is 0.223 e. The summed E-state index contributed by atoms with van der Waals surface area (Å²) in [4.78, 5) is 15.4. The molecule has 6 heteroatoms. The summed E-state index contributed by atoms with van der Waals surface area (Å²) < 4.78 is 11.3. The predicted molar refractivity (Wildman–Crippen MR) is 82.8 cm³/mol. The number of furan rings is 1. The van der Waals surface area contributed by atoms with Gasteiger partial charge in [-0.1, -0.05) is 0 Å². The Morgan fingerprint density at radius 1 is 1.43 bits per heavy atom. The highest BCUT2D eigenvalue weighted by atomic mass is 32.1. The lowest BCUT2D eigenvalue weighted by atomic mass is 10.2. The van der Waals surface area contributed by atoms with Crippen LogP contribution in [-0.2, 0) is 4.79 Å². The van der Waals surface area contributed by atoms with Gasteiger partial charge in [0.25, 0.3) is 0 Å². The SMILES string of the molecule is CCOc1ccc2oc(-c3csc(NC(C)=O)n3)cc2c1. The molecule has 0 aliphatic rings. The van der Waals surface area contributed by atoms with Gasteiger partial charge >= 0.3 is 0 Å². The van der Waals surface area contributed by atoms with E-state index in [2.05, 4.69) is 10.3 Å². The minimum Gasteiger partial charge on any atom is -0.494 e. The summed E-state index contributed by atoms with van der Waals surface area (Å²) >= 11 is 1.37. The van der Waals surface area contributed by atoms with Gasteiger partial charge in [0.1, 0.15) is 17.0 Å². The number of nitrogens with zero attached hydrogens (tertiary/aromatic N) is 1. The molecule has 0 atom stereocenters. The molecule has 0 spiro atoms. The molecule has 1 N–H and O–H groups in total. The number of hydrogen-bond donors (Lipinski definition) is 1. The lowest BCUT2D eigenvalue weighted by Gasteiger charge is -2.00. The normalized spacial score (nSPS) is 10.8. The number of amides is 1. The van der Waals surface area contributed by atoms with Crippen LogP contribution in [0.15, 0.2) is 34.1 Å². The maximum Gasteiger partial charge on any atom is 0.223 e. The number of ether oxygens (including phenoxy) is 1. The highest BCUT2D eigenvalue weighted by molar-refractivity contribution is 7.14. The average molecular weight is 302 g/mol. The summed E-state index contributed by atoms with van der Waals surface area (Å²) in [5, 5.41) is 6.04. The molecule has 0 fully saturated rings. The third-order valence-electron chi connectivity index (χ3n) is 2.84. The number of carbonyl (C=O) groups excluding carboxylic acids is 1. The van der Waals surface area contributed by atoms with Crippen LogP contribution in [0.2, 0.25) is 0 Å². The van der Waals surface area contributed by atoms with Gasteiger partial charge in [-0.15, -0.1) is 11.3 Å². The number of aromatic nitrogens is 1. The lowest BCUT2D eigenvalue weighted by Crippen LogP contribution is -2.04. The predicted octanol–water partition coefficient (Wildman–Crippen LogP) is 3.91. The molecule has 21 heavy (non-hydrogen) atoms. The van der Waals surface area contributed by atoms with E-state index in [1.54, 1.807) is 0 Å². The minimum atomic E-state index is -0.137. The summed E-state index contributed by atoms with van der Waals surface area (Å²) in [7, 11) is 0. The van der Waals surface area contributed by atoms with Crippen molar-refractivity contribution >= 4 is 33.3 Å². The van der Waals surface area contributed by atoms with Crippen molar-refractivity contribution in [3.05, 3.63) is 29.6 Å². The highest BCUT2D eigenvalue weighted by Crippen LogP contribution is 2.31. The minimum absolute atomic E-state index is 0.137. The van der Waals surface area contributed by atoms with E-state index in [1.807, 2.05) is 36.6 Å². The van der Waals surface area contributed by atoms with Crippen molar-refractivity contribution < 1.29 is 13.9 Å². The van der Waals surface area contributed by atoms with Gasteiger partial charge in [-0.3, -0.25) is 4.79 Å². The Hall–Kier alpha value is -2.34. The molecule has 108 valence electrons. The number of nitrogens with one attached hydrogen (secondary N) is 1. The number of carbonyl (C=O) groups is 1. The van der Waals surface area contributed by atoms with Crippen LogP contribution >= 0.6 is 11.3 Å². The number of fused-ring (bicyclic) bond motifs is 1. The number of rotatable bonds is 4. The Morgan fingerprint density at radius 2 is 2.29 bits per heavy atom. The van der Waals surface area contributed by atoms with Crippen molar-refractivity contribution in [1.29, 1.82) is 0 Å². The largest absolute Gasteiger partial charge is 0.494 e. The zero-order valence-corrected chi connectivity index (χ0v) is 12.5. The molecular formula is C15H14N2O3S. The average Bonchev–Trinajstić information content (AvgIpc) is 3.04. The van der Waals surface area contributed by atoms with E-state index in [-0.39, 0.29) is 5.91 Å². The maximum absolute atomic E-state index is 11.0. The first-order chi connectivity index (χ1) is 10.2. The third-order valence-corrected chi connectivity index (χ3v) is 3.60. The zero-order valence-electron chi connectivity index (χ0n) is 11.7. The van der Waals surface area contributed by atoms with Crippen LogP contribution in [0, 0.1) is 0 Å². The van der Waals surface area contributed by atoms with Gasteiger partial charge in [-0.2, -0.15) is 0 Å². The first kappa shape index (κ1) is 13.6. The molecule has 0 bridgehead atoms. The maximum atomic E-state index is 11.0. The van der Waals surface area contributed by atoms with Crippen LogP contribution in [0.5, 0.6) is 5.75 Å². The van der Waals surface area contributed by atoms with Gasteiger partial charge in [0.05, 0.1) is 6.61 Å². The molecule has 0 unspecified atom stereocenters. The Morgan fingerprint density at radius 3 is 3.05 bits per heavy atom. The first-order valence-electron chi connectivity index (χ1n) is 6.55. The molecule has 0 saturated heterocycles. The molecule has 0 aliphatic carbocycles. The fourth-order valence-electron chi connectivity index (χ4n) is 2.00. The Kier molecular flexibility index (Phi) is 3.62. The molecule has 0 saturated carbocycles. The van der Waals surface area contributed by atoms with Crippen LogP contribution in [0.3, 0.4) is 0 Å². The number of benzene rings is 1. The van der Waals surface area contributed by atoms with Crippen molar-refractivity contribution in [1.82, 2.24) is 4.98 Å². The summed E-state index contributed by atoms with van der Waals surface area (Å²) in [5.74, 6) is 1.35. The van der Waals surface area contributed by atoms with Gasteiger partial charge in [0, 0.05) is 17.7 Å². The van der Waals surface area contributed by atoms with Crippen molar-refractivity contribution in [2.45, 2.75) is 13.8 Å². The third kappa shape index (κ3) is 2.90. The Balaban J connectivity index is 1.93. The fraction of sp³-hybridized carbons (Fsp3) is 0.200. The molecule has 5 nitrogen and oxygen atoms in total. The molecule has 1 aromatic carbocycles. The lowest BCUT2D eigenvalue weighted by molar-refractivity contribution is -0.114. The highest BCUT2D eigenvalue weighted by Gasteiger charge is 2.11. The summed E-state index contributed by atoms with van der Waals surface area (Å²) in [6.07, 6.45) is 0. The number of thiazole rings is 1. The molecule has 0 aliphatic heterocycles. The van der Waals surface area contributed by atoms with E-state index in [1.165, 1.54) is 18.3 Å². The van der Waals surface area contributed by atoms with E-state index in [0.717, 1.165) is 16.7 Å². The molecule has 2 heterocycles. The molecule has 1 amide bonds. The van der Waals surface area contributed by atoms with Crippen molar-refractivity contribution in [3.63, 3.8) is 0 Å². The molecule has 2 aromatic heterocycles. The first-order valence-corrected chi connectivity index (χ1v) is 7.43. The van der Waals surface area contributed by atoms with Crippen LogP contribution in [0.1, 0.15) is 13.8 Å². The molecule has 3 rings (SSSR count). The van der Waals surface area contributed by atoms with Crippen LogP contribution in [0.25, 0.3) is 22.4 Å². The van der Waals surface area contributed by atoms with Gasteiger partial charge < -0.3 is 14.5 Å². The topological polar surface area (TPSA) is 64.4 Å². The van der Waals surface area contributed by atoms with Gasteiger partial charge in [-0.05, 0) is 31.2 Å². The van der Waals surface area contributed by atoms with Crippen molar-refractivity contribution in [3.8, 4) is 17.2 Å². The van der Waals surface area contributed by atoms with Crippen LogP contribution in [0.4, 0.5) is 5.13 Å². The summed E-state index contributed by atoms with van der Waals surface area (Å²) in [6, 6.07) is 7.62. The quantitative estimate of drug-likeness (QED) is 0.793. The number of hydrogen-bond acceptors (Lipinski definition) is 5. The second-order valence-corrected chi connectivity index (χ2v) is 5.32. The Bertz CT molecular complexity index is 791. The van der Waals surface area contributed by atoms with Gasteiger partial charge in [0.15, 0.2) is 10.9 Å².